The number of likely N-dealkylation sites (tertiary alicyclic amines) is 2. The maximum Gasteiger partial charge on any atom is 0.224 e. The highest BCUT2D eigenvalue weighted by Gasteiger charge is 2.29. The van der Waals surface area contributed by atoms with Crippen molar-refractivity contribution in [3.63, 3.8) is 0 Å². The summed E-state index contributed by atoms with van der Waals surface area (Å²) >= 11 is 0. The highest BCUT2D eigenvalue weighted by Crippen LogP contribution is 2.22. The van der Waals surface area contributed by atoms with Crippen LogP contribution in [0.15, 0.2) is 0 Å². The van der Waals surface area contributed by atoms with Crippen LogP contribution in [-0.4, -0.2) is 54.5 Å². The van der Waals surface area contributed by atoms with Gasteiger partial charge in [0.2, 0.25) is 5.91 Å². The number of hydrogen-bond acceptors (Lipinski definition) is 3. The van der Waals surface area contributed by atoms with Gasteiger partial charge in [-0.25, -0.2) is 0 Å². The van der Waals surface area contributed by atoms with Crippen molar-refractivity contribution in [2.75, 3.05) is 32.7 Å². The standard InChI is InChI=1S/C14H27N3O/c1-2-12-5-8-17(11-12)13(10-15)9-14(18)16-6-3-4-7-16/h12-13H,2-11,15H2,1H3. The maximum absolute atomic E-state index is 12.2. The van der Waals surface area contributed by atoms with Gasteiger partial charge in [0, 0.05) is 38.6 Å². The Morgan fingerprint density at radius 2 is 2.06 bits per heavy atom. The molecular formula is C14H27N3O. The van der Waals surface area contributed by atoms with E-state index in [1.807, 2.05) is 4.90 Å². The zero-order valence-corrected chi connectivity index (χ0v) is 11.6. The average Bonchev–Trinajstić information content (AvgIpc) is 3.05. The van der Waals surface area contributed by atoms with Crippen LogP contribution in [0.3, 0.4) is 0 Å². The molecule has 2 atom stereocenters. The van der Waals surface area contributed by atoms with Crippen LogP contribution in [0.4, 0.5) is 0 Å². The third-order valence-corrected chi connectivity index (χ3v) is 4.55. The van der Waals surface area contributed by atoms with Crippen molar-refractivity contribution in [2.24, 2.45) is 11.7 Å². The summed E-state index contributed by atoms with van der Waals surface area (Å²) in [7, 11) is 0. The van der Waals surface area contributed by atoms with E-state index in [0.717, 1.165) is 32.1 Å². The summed E-state index contributed by atoms with van der Waals surface area (Å²) < 4.78 is 0. The Balaban J connectivity index is 1.83. The molecule has 0 aromatic carbocycles. The molecular weight excluding hydrogens is 226 g/mol. The predicted octanol–water partition coefficient (Wildman–Crippen LogP) is 1.06. The lowest BCUT2D eigenvalue weighted by atomic mass is 10.1. The zero-order valence-electron chi connectivity index (χ0n) is 11.6. The molecule has 2 N–H and O–H groups in total. The number of nitrogens with zero attached hydrogens (tertiary/aromatic N) is 2. The van der Waals surface area contributed by atoms with Gasteiger partial charge in [-0.3, -0.25) is 9.69 Å². The fourth-order valence-electron chi connectivity index (χ4n) is 3.19. The van der Waals surface area contributed by atoms with Gasteiger partial charge in [-0.15, -0.1) is 0 Å². The molecule has 2 rings (SSSR count). The normalized spacial score (nSPS) is 26.8. The van der Waals surface area contributed by atoms with Gasteiger partial charge in [-0.05, 0) is 31.7 Å². The summed E-state index contributed by atoms with van der Waals surface area (Å²) in [5.74, 6) is 1.11. The molecule has 4 heteroatoms. The Labute approximate surface area is 110 Å². The molecule has 2 unspecified atom stereocenters. The van der Waals surface area contributed by atoms with Crippen molar-refractivity contribution >= 4 is 5.91 Å². The van der Waals surface area contributed by atoms with E-state index in [0.29, 0.717) is 18.9 Å². The molecule has 0 saturated carbocycles. The first-order valence-electron chi connectivity index (χ1n) is 7.46. The minimum Gasteiger partial charge on any atom is -0.343 e. The van der Waals surface area contributed by atoms with Crippen LogP contribution >= 0.6 is 0 Å². The lowest BCUT2D eigenvalue weighted by molar-refractivity contribution is -0.131. The number of rotatable bonds is 5. The van der Waals surface area contributed by atoms with E-state index in [2.05, 4.69) is 11.8 Å². The Morgan fingerprint density at radius 1 is 1.33 bits per heavy atom. The van der Waals surface area contributed by atoms with Gasteiger partial charge in [-0.2, -0.15) is 0 Å². The van der Waals surface area contributed by atoms with Crippen LogP contribution in [-0.2, 0) is 4.79 Å². The smallest absolute Gasteiger partial charge is 0.224 e. The molecule has 0 spiro atoms. The molecule has 0 aliphatic carbocycles. The molecule has 104 valence electrons. The predicted molar refractivity (Wildman–Crippen MR) is 73.2 cm³/mol. The van der Waals surface area contributed by atoms with Gasteiger partial charge in [-0.1, -0.05) is 13.3 Å². The summed E-state index contributed by atoms with van der Waals surface area (Å²) in [6.45, 7) is 7.01. The zero-order chi connectivity index (χ0) is 13.0. The van der Waals surface area contributed by atoms with E-state index in [-0.39, 0.29) is 6.04 Å². The van der Waals surface area contributed by atoms with Crippen molar-refractivity contribution < 1.29 is 4.79 Å². The van der Waals surface area contributed by atoms with E-state index in [4.69, 9.17) is 5.73 Å². The summed E-state index contributed by atoms with van der Waals surface area (Å²) in [6, 6.07) is 0.259. The molecule has 0 aromatic heterocycles. The molecule has 4 nitrogen and oxygen atoms in total. The third-order valence-electron chi connectivity index (χ3n) is 4.55. The Morgan fingerprint density at radius 3 is 2.61 bits per heavy atom. The molecule has 2 saturated heterocycles. The number of carbonyl (C=O) groups is 1. The number of nitrogens with two attached hydrogens (primary N) is 1. The fourth-order valence-corrected chi connectivity index (χ4v) is 3.19. The van der Waals surface area contributed by atoms with E-state index in [1.165, 1.54) is 25.7 Å². The summed E-state index contributed by atoms with van der Waals surface area (Å²) in [5.41, 5.74) is 5.87. The van der Waals surface area contributed by atoms with Gasteiger partial charge in [0.25, 0.3) is 0 Å². The molecule has 0 aromatic rings. The molecule has 2 aliphatic rings. The second kappa shape index (κ2) is 6.53. The average molecular weight is 253 g/mol. The molecule has 2 fully saturated rings. The first-order chi connectivity index (χ1) is 8.74. The highest BCUT2D eigenvalue weighted by atomic mass is 16.2. The van der Waals surface area contributed by atoms with Gasteiger partial charge in [0.1, 0.15) is 0 Å². The highest BCUT2D eigenvalue weighted by molar-refractivity contribution is 5.77. The van der Waals surface area contributed by atoms with Crippen LogP contribution in [0.1, 0.15) is 39.0 Å². The number of amides is 1. The molecule has 18 heavy (non-hydrogen) atoms. The van der Waals surface area contributed by atoms with E-state index < -0.39 is 0 Å². The topological polar surface area (TPSA) is 49.6 Å². The van der Waals surface area contributed by atoms with Crippen molar-refractivity contribution in [3.05, 3.63) is 0 Å². The van der Waals surface area contributed by atoms with E-state index in [1.54, 1.807) is 0 Å². The van der Waals surface area contributed by atoms with Crippen LogP contribution < -0.4 is 5.73 Å². The largest absolute Gasteiger partial charge is 0.343 e. The third kappa shape index (κ3) is 3.23. The van der Waals surface area contributed by atoms with Crippen LogP contribution in [0.25, 0.3) is 0 Å². The second-order valence-corrected chi connectivity index (χ2v) is 5.74. The lowest BCUT2D eigenvalue weighted by Crippen LogP contribution is -2.43. The first kappa shape index (κ1) is 13.8. The quantitative estimate of drug-likeness (QED) is 0.797. The van der Waals surface area contributed by atoms with Crippen LogP contribution in [0.5, 0.6) is 0 Å². The van der Waals surface area contributed by atoms with Crippen LogP contribution in [0.2, 0.25) is 0 Å². The Hall–Kier alpha value is -0.610. The fraction of sp³-hybridized carbons (Fsp3) is 0.929. The minimum absolute atomic E-state index is 0.259. The Bertz CT molecular complexity index is 276. The van der Waals surface area contributed by atoms with Crippen molar-refractivity contribution in [3.8, 4) is 0 Å². The van der Waals surface area contributed by atoms with Crippen LogP contribution in [0, 0.1) is 5.92 Å². The van der Waals surface area contributed by atoms with E-state index in [9.17, 15) is 4.79 Å². The van der Waals surface area contributed by atoms with E-state index >= 15 is 0 Å². The summed E-state index contributed by atoms with van der Waals surface area (Å²) in [6.07, 6.45) is 5.47. The first-order valence-corrected chi connectivity index (χ1v) is 7.46. The molecule has 0 radical (unpaired) electrons. The van der Waals surface area contributed by atoms with Gasteiger partial charge in [0.05, 0.1) is 0 Å². The lowest BCUT2D eigenvalue weighted by Gasteiger charge is -2.28. The Kier molecular flexibility index (Phi) is 5.01. The molecule has 0 bridgehead atoms. The second-order valence-electron chi connectivity index (χ2n) is 5.74. The van der Waals surface area contributed by atoms with Gasteiger partial charge < -0.3 is 10.6 Å². The summed E-state index contributed by atoms with van der Waals surface area (Å²) in [4.78, 5) is 16.6. The molecule has 1 amide bonds. The van der Waals surface area contributed by atoms with Crippen molar-refractivity contribution in [1.82, 2.24) is 9.80 Å². The number of hydrogen-bond donors (Lipinski definition) is 1. The van der Waals surface area contributed by atoms with Crippen molar-refractivity contribution in [2.45, 2.75) is 45.1 Å². The van der Waals surface area contributed by atoms with Gasteiger partial charge in [0.15, 0.2) is 0 Å². The molecule has 2 heterocycles. The summed E-state index contributed by atoms with van der Waals surface area (Å²) in [5, 5.41) is 0. The maximum atomic E-state index is 12.2. The minimum atomic E-state index is 0.259. The van der Waals surface area contributed by atoms with Gasteiger partial charge >= 0.3 is 0 Å². The number of carbonyl (C=O) groups excluding carboxylic acids is 1. The SMILES string of the molecule is CCC1CCN(C(CN)CC(=O)N2CCCC2)C1. The molecule has 2 aliphatic heterocycles. The van der Waals surface area contributed by atoms with Crippen molar-refractivity contribution in [1.29, 1.82) is 0 Å². The monoisotopic (exact) mass is 253 g/mol.